The minimum Gasteiger partial charge on any atom is -0.497 e. The number of nitrogens with two attached hydrogens (primary N) is 1. The number of thiazole rings is 1. The Kier molecular flexibility index (Phi) is 5.78. The van der Waals surface area contributed by atoms with Crippen molar-refractivity contribution in [1.29, 1.82) is 0 Å². The fourth-order valence-electron chi connectivity index (χ4n) is 2.41. The second kappa shape index (κ2) is 7.38. The first kappa shape index (κ1) is 16.5. The molecule has 116 valence electrons. The van der Waals surface area contributed by atoms with E-state index in [2.05, 4.69) is 9.88 Å². The van der Waals surface area contributed by atoms with Gasteiger partial charge in [-0.25, -0.2) is 4.98 Å². The number of benzene rings is 1. The summed E-state index contributed by atoms with van der Waals surface area (Å²) in [6, 6.07) is 6.00. The van der Waals surface area contributed by atoms with Gasteiger partial charge >= 0.3 is 0 Å². The Balaban J connectivity index is 0.00000161. The molecule has 2 heterocycles. The van der Waals surface area contributed by atoms with Crippen LogP contribution in [0.15, 0.2) is 18.2 Å². The van der Waals surface area contributed by atoms with E-state index >= 15 is 0 Å². The third kappa shape index (κ3) is 3.84. The summed E-state index contributed by atoms with van der Waals surface area (Å²) >= 11 is 1.72. The number of aromatic nitrogens is 1. The topological polar surface area (TPSA) is 60.6 Å². The van der Waals surface area contributed by atoms with Gasteiger partial charge in [0.1, 0.15) is 10.8 Å². The van der Waals surface area contributed by atoms with E-state index in [1.807, 2.05) is 18.2 Å². The predicted octanol–water partition coefficient (Wildman–Crippen LogP) is 1.89. The van der Waals surface area contributed by atoms with Gasteiger partial charge in [0.05, 0.1) is 36.6 Å². The summed E-state index contributed by atoms with van der Waals surface area (Å²) in [5.74, 6) is 0.877. The Hall–Kier alpha value is -0.920. The van der Waals surface area contributed by atoms with Gasteiger partial charge < -0.3 is 15.2 Å². The number of methoxy groups -OCH3 is 1. The molecular weight excluding hydrogens is 310 g/mol. The van der Waals surface area contributed by atoms with E-state index in [4.69, 9.17) is 15.2 Å². The lowest BCUT2D eigenvalue weighted by Gasteiger charge is -2.31. The molecule has 0 spiro atoms. The molecule has 1 saturated heterocycles. The van der Waals surface area contributed by atoms with Gasteiger partial charge in [-0.15, -0.1) is 23.7 Å². The number of morpholine rings is 1. The molecule has 1 aromatic heterocycles. The Morgan fingerprint density at radius 3 is 3.14 bits per heavy atom. The maximum Gasteiger partial charge on any atom is 0.120 e. The lowest BCUT2D eigenvalue weighted by atomic mass is 10.3. The highest BCUT2D eigenvalue weighted by Crippen LogP contribution is 2.27. The van der Waals surface area contributed by atoms with Crippen LogP contribution in [0.1, 0.15) is 5.01 Å². The fraction of sp³-hybridized carbons (Fsp3) is 0.500. The largest absolute Gasteiger partial charge is 0.497 e. The smallest absolute Gasteiger partial charge is 0.120 e. The lowest BCUT2D eigenvalue weighted by Crippen LogP contribution is -2.45. The number of ether oxygens (including phenoxy) is 2. The van der Waals surface area contributed by atoms with E-state index in [9.17, 15) is 0 Å². The first-order valence-electron chi connectivity index (χ1n) is 6.76. The van der Waals surface area contributed by atoms with Crippen molar-refractivity contribution >= 4 is 34.0 Å². The second-order valence-electron chi connectivity index (χ2n) is 4.90. The zero-order valence-corrected chi connectivity index (χ0v) is 13.6. The third-order valence-electron chi connectivity index (χ3n) is 3.48. The molecule has 1 aliphatic rings. The molecule has 2 aromatic rings. The summed E-state index contributed by atoms with van der Waals surface area (Å²) in [5, 5.41) is 1.13. The van der Waals surface area contributed by atoms with Gasteiger partial charge in [-0.05, 0) is 18.2 Å². The molecule has 5 nitrogen and oxygen atoms in total. The Bertz CT molecular complexity index is 593. The summed E-state index contributed by atoms with van der Waals surface area (Å²) in [6.45, 7) is 4.02. The summed E-state index contributed by atoms with van der Waals surface area (Å²) < 4.78 is 12.0. The highest BCUT2D eigenvalue weighted by atomic mass is 35.5. The molecule has 1 atom stereocenters. The molecule has 21 heavy (non-hydrogen) atoms. The maximum atomic E-state index is 5.67. The zero-order chi connectivity index (χ0) is 13.9. The number of halogens is 1. The van der Waals surface area contributed by atoms with Gasteiger partial charge in [0.25, 0.3) is 0 Å². The number of rotatable bonds is 4. The molecule has 0 bridgehead atoms. The molecule has 0 saturated carbocycles. The van der Waals surface area contributed by atoms with E-state index in [1.165, 1.54) is 4.70 Å². The van der Waals surface area contributed by atoms with E-state index in [0.717, 1.165) is 42.5 Å². The minimum atomic E-state index is 0. The van der Waals surface area contributed by atoms with Gasteiger partial charge in [-0.3, -0.25) is 4.90 Å². The number of hydrogen-bond donors (Lipinski definition) is 1. The highest BCUT2D eigenvalue weighted by molar-refractivity contribution is 7.18. The van der Waals surface area contributed by atoms with Crippen LogP contribution in [-0.2, 0) is 11.3 Å². The molecule has 0 radical (unpaired) electrons. The normalized spacial score (nSPS) is 19.4. The maximum absolute atomic E-state index is 5.67. The second-order valence-corrected chi connectivity index (χ2v) is 6.02. The van der Waals surface area contributed by atoms with Crippen molar-refractivity contribution in [3.8, 4) is 5.75 Å². The van der Waals surface area contributed by atoms with Crippen LogP contribution >= 0.6 is 23.7 Å². The van der Waals surface area contributed by atoms with Gasteiger partial charge in [0.15, 0.2) is 0 Å². The molecule has 1 unspecified atom stereocenters. The van der Waals surface area contributed by atoms with Crippen molar-refractivity contribution in [2.75, 3.05) is 33.4 Å². The van der Waals surface area contributed by atoms with Crippen molar-refractivity contribution < 1.29 is 9.47 Å². The molecule has 1 fully saturated rings. The molecule has 2 N–H and O–H groups in total. The highest BCUT2D eigenvalue weighted by Gasteiger charge is 2.20. The monoisotopic (exact) mass is 329 g/mol. The van der Waals surface area contributed by atoms with E-state index in [1.54, 1.807) is 18.4 Å². The van der Waals surface area contributed by atoms with Crippen LogP contribution < -0.4 is 10.5 Å². The third-order valence-corrected chi connectivity index (χ3v) is 4.49. The van der Waals surface area contributed by atoms with Crippen LogP contribution in [0.4, 0.5) is 0 Å². The van der Waals surface area contributed by atoms with Gasteiger partial charge in [-0.1, -0.05) is 0 Å². The van der Waals surface area contributed by atoms with Crippen LogP contribution in [0, 0.1) is 0 Å². The first-order chi connectivity index (χ1) is 9.78. The van der Waals surface area contributed by atoms with Crippen LogP contribution in [0.25, 0.3) is 10.2 Å². The van der Waals surface area contributed by atoms with Crippen LogP contribution in [0.5, 0.6) is 5.75 Å². The number of hydrogen-bond acceptors (Lipinski definition) is 6. The lowest BCUT2D eigenvalue weighted by molar-refractivity contribution is -0.0260. The summed E-state index contributed by atoms with van der Waals surface area (Å²) in [4.78, 5) is 7.04. The summed E-state index contributed by atoms with van der Waals surface area (Å²) in [5.41, 5.74) is 6.71. The van der Waals surface area contributed by atoms with Crippen LogP contribution in [0.3, 0.4) is 0 Å². The summed E-state index contributed by atoms with van der Waals surface area (Å²) in [6.07, 6.45) is 0.151. The fourth-order valence-corrected chi connectivity index (χ4v) is 3.44. The molecule has 0 aliphatic carbocycles. The van der Waals surface area contributed by atoms with Crippen LogP contribution in [-0.4, -0.2) is 49.3 Å². The van der Waals surface area contributed by atoms with Gasteiger partial charge in [0.2, 0.25) is 0 Å². The molecule has 7 heteroatoms. The molecule has 1 aliphatic heterocycles. The van der Waals surface area contributed by atoms with Crippen molar-refractivity contribution in [1.82, 2.24) is 9.88 Å². The number of fused-ring (bicyclic) bond motifs is 1. The molecule has 0 amide bonds. The Labute approximate surface area is 134 Å². The van der Waals surface area contributed by atoms with Crippen molar-refractivity contribution in [2.45, 2.75) is 12.6 Å². The predicted molar refractivity (Wildman–Crippen MR) is 87.5 cm³/mol. The number of nitrogens with zero attached hydrogens (tertiary/aromatic N) is 2. The molecular formula is C14H20ClN3O2S. The Morgan fingerprint density at radius 2 is 2.38 bits per heavy atom. The van der Waals surface area contributed by atoms with Gasteiger partial charge in [0, 0.05) is 19.6 Å². The molecule has 3 rings (SSSR count). The zero-order valence-electron chi connectivity index (χ0n) is 11.9. The molecule has 1 aromatic carbocycles. The standard InChI is InChI=1S/C14H19N3O2S.ClH/c1-18-10-2-3-12-13(6-10)20-14(16-12)9-17-4-5-19-11(7-15)8-17;/h2-3,6,11H,4-5,7-9,15H2,1H3;1H. The first-order valence-corrected chi connectivity index (χ1v) is 7.57. The van der Waals surface area contributed by atoms with E-state index < -0.39 is 0 Å². The summed E-state index contributed by atoms with van der Waals surface area (Å²) in [7, 11) is 1.68. The van der Waals surface area contributed by atoms with Crippen molar-refractivity contribution in [3.63, 3.8) is 0 Å². The van der Waals surface area contributed by atoms with E-state index in [-0.39, 0.29) is 18.5 Å². The Morgan fingerprint density at radius 1 is 1.52 bits per heavy atom. The average molecular weight is 330 g/mol. The van der Waals surface area contributed by atoms with E-state index in [0.29, 0.717) is 6.54 Å². The minimum absolute atomic E-state index is 0. The van der Waals surface area contributed by atoms with Crippen molar-refractivity contribution in [3.05, 3.63) is 23.2 Å². The average Bonchev–Trinajstić information content (AvgIpc) is 2.88. The van der Waals surface area contributed by atoms with Crippen molar-refractivity contribution in [2.24, 2.45) is 5.73 Å². The SMILES string of the molecule is COc1ccc2nc(CN3CCOC(CN)C3)sc2c1.Cl. The quantitative estimate of drug-likeness (QED) is 0.928. The van der Waals surface area contributed by atoms with Crippen LogP contribution in [0.2, 0.25) is 0 Å². The van der Waals surface area contributed by atoms with Gasteiger partial charge in [-0.2, -0.15) is 0 Å².